The Balaban J connectivity index is 1.67. The third kappa shape index (κ3) is 4.97. The molecule has 1 aromatic carbocycles. The Bertz CT molecular complexity index is 934. The van der Waals surface area contributed by atoms with Gasteiger partial charge in [0.15, 0.2) is 5.11 Å². The van der Waals surface area contributed by atoms with Crippen LogP contribution < -0.4 is 10.6 Å². The molecule has 0 radical (unpaired) electrons. The maximum absolute atomic E-state index is 12.5. The van der Waals surface area contributed by atoms with Crippen LogP contribution in [0, 0.1) is 6.92 Å². The number of aryl methyl sites for hydroxylation is 1. The Labute approximate surface area is 185 Å². The lowest BCUT2D eigenvalue weighted by atomic mass is 10.1. The lowest BCUT2D eigenvalue weighted by Gasteiger charge is -2.26. The summed E-state index contributed by atoms with van der Waals surface area (Å²) in [6.45, 7) is 6.33. The van der Waals surface area contributed by atoms with E-state index >= 15 is 0 Å². The van der Waals surface area contributed by atoms with Crippen LogP contribution in [-0.2, 0) is 15.9 Å². The van der Waals surface area contributed by atoms with Crippen LogP contribution in [0.4, 0.5) is 10.7 Å². The van der Waals surface area contributed by atoms with Gasteiger partial charge in [-0.1, -0.05) is 6.92 Å². The number of carbonyl (C=O) groups is 2. The molecule has 1 aromatic heterocycles. The van der Waals surface area contributed by atoms with Gasteiger partial charge in [-0.15, -0.1) is 11.3 Å². The van der Waals surface area contributed by atoms with Gasteiger partial charge in [0.05, 0.1) is 25.9 Å². The molecule has 30 heavy (non-hydrogen) atoms. The largest absolute Gasteiger partial charge is 0.465 e. The van der Waals surface area contributed by atoms with Crippen molar-refractivity contribution in [2.75, 3.05) is 44.0 Å². The molecule has 0 atom stereocenters. The number of thiocarbonyl (C=S) groups is 1. The van der Waals surface area contributed by atoms with Crippen LogP contribution in [0.15, 0.2) is 24.3 Å². The van der Waals surface area contributed by atoms with Gasteiger partial charge in [-0.3, -0.25) is 4.79 Å². The molecule has 2 N–H and O–H groups in total. The van der Waals surface area contributed by atoms with Crippen LogP contribution in [0.1, 0.15) is 38.1 Å². The summed E-state index contributed by atoms with van der Waals surface area (Å²) in [6, 6.07) is 7.15. The minimum absolute atomic E-state index is 0.00516. The van der Waals surface area contributed by atoms with Gasteiger partial charge in [-0.25, -0.2) is 4.79 Å². The first-order chi connectivity index (χ1) is 14.4. The molecule has 1 fully saturated rings. The number of esters is 1. The summed E-state index contributed by atoms with van der Waals surface area (Å²) in [5.41, 5.74) is 2.85. The number of ether oxygens (including phenoxy) is 2. The number of carbonyl (C=O) groups excluding carboxylic acids is 2. The van der Waals surface area contributed by atoms with Crippen molar-refractivity contribution in [2.24, 2.45) is 0 Å². The Hall–Kier alpha value is -2.49. The smallest absolute Gasteiger partial charge is 0.341 e. The molecule has 2 heterocycles. The number of anilines is 2. The van der Waals surface area contributed by atoms with Gasteiger partial charge >= 0.3 is 5.97 Å². The highest BCUT2D eigenvalue weighted by Gasteiger charge is 2.22. The van der Waals surface area contributed by atoms with Gasteiger partial charge in [0.1, 0.15) is 5.00 Å². The standard InChI is InChI=1S/C21H25N3O4S2/c1-4-16-13(2)30-18(17(16)20(26)27-3)23-21(29)22-15-7-5-14(6-8-15)19(25)24-9-11-28-12-10-24/h5-8H,4,9-12H2,1-3H3,(H2,22,23,29). The number of rotatable bonds is 5. The van der Waals surface area contributed by atoms with E-state index in [2.05, 4.69) is 10.6 Å². The molecule has 9 heteroatoms. The third-order valence-corrected chi connectivity index (χ3v) is 6.13. The normalized spacial score (nSPS) is 13.6. The van der Waals surface area contributed by atoms with Crippen molar-refractivity contribution in [3.63, 3.8) is 0 Å². The summed E-state index contributed by atoms with van der Waals surface area (Å²) in [6.07, 6.45) is 0.729. The zero-order valence-electron chi connectivity index (χ0n) is 17.2. The van der Waals surface area contributed by atoms with Crippen LogP contribution in [0.2, 0.25) is 0 Å². The molecule has 7 nitrogen and oxygen atoms in total. The van der Waals surface area contributed by atoms with E-state index in [9.17, 15) is 9.59 Å². The summed E-state index contributed by atoms with van der Waals surface area (Å²) in [5, 5.41) is 7.22. The summed E-state index contributed by atoms with van der Waals surface area (Å²) in [4.78, 5) is 27.6. The number of methoxy groups -OCH3 is 1. The van der Waals surface area contributed by atoms with Gasteiger partial charge in [0, 0.05) is 29.2 Å². The number of amides is 1. The average Bonchev–Trinajstić information content (AvgIpc) is 3.08. The fraction of sp³-hybridized carbons (Fsp3) is 0.381. The molecule has 1 aliphatic rings. The minimum Gasteiger partial charge on any atom is -0.465 e. The van der Waals surface area contributed by atoms with Crippen molar-refractivity contribution < 1.29 is 19.1 Å². The lowest BCUT2D eigenvalue weighted by Crippen LogP contribution is -2.40. The molecule has 2 aromatic rings. The second-order valence-corrected chi connectivity index (χ2v) is 8.38. The molecular formula is C21H25N3O4S2. The lowest BCUT2D eigenvalue weighted by molar-refractivity contribution is 0.0303. The van der Waals surface area contributed by atoms with Crippen LogP contribution in [-0.4, -0.2) is 55.3 Å². The molecular weight excluding hydrogens is 422 g/mol. The fourth-order valence-electron chi connectivity index (χ4n) is 3.32. The molecule has 0 aliphatic carbocycles. The molecule has 1 saturated heterocycles. The van der Waals surface area contributed by atoms with Gasteiger partial charge in [0.25, 0.3) is 5.91 Å². The van der Waals surface area contributed by atoms with Crippen molar-refractivity contribution >= 4 is 51.2 Å². The van der Waals surface area contributed by atoms with Crippen molar-refractivity contribution in [2.45, 2.75) is 20.3 Å². The molecule has 3 rings (SSSR count). The van der Waals surface area contributed by atoms with Gasteiger partial charge in [0.2, 0.25) is 0 Å². The van der Waals surface area contributed by atoms with E-state index in [4.69, 9.17) is 21.7 Å². The van der Waals surface area contributed by atoms with E-state index in [1.54, 1.807) is 29.2 Å². The Morgan fingerprint density at radius 1 is 1.20 bits per heavy atom. The number of nitrogens with zero attached hydrogens (tertiary/aromatic N) is 1. The predicted molar refractivity (Wildman–Crippen MR) is 123 cm³/mol. The zero-order valence-corrected chi connectivity index (χ0v) is 18.9. The van der Waals surface area contributed by atoms with Gasteiger partial charge < -0.3 is 25.0 Å². The molecule has 0 spiro atoms. The van der Waals surface area contributed by atoms with E-state index in [0.717, 1.165) is 22.5 Å². The van der Waals surface area contributed by atoms with Crippen molar-refractivity contribution in [3.8, 4) is 0 Å². The zero-order chi connectivity index (χ0) is 21.7. The van der Waals surface area contributed by atoms with E-state index in [1.807, 2.05) is 13.8 Å². The number of hydrogen-bond donors (Lipinski definition) is 2. The topological polar surface area (TPSA) is 79.9 Å². The first-order valence-corrected chi connectivity index (χ1v) is 10.9. The first-order valence-electron chi connectivity index (χ1n) is 9.70. The van der Waals surface area contributed by atoms with Gasteiger partial charge in [-0.2, -0.15) is 0 Å². The Kier molecular flexibility index (Phi) is 7.41. The maximum atomic E-state index is 12.5. The summed E-state index contributed by atoms with van der Waals surface area (Å²) in [5.74, 6) is -0.387. The molecule has 0 unspecified atom stereocenters. The van der Waals surface area contributed by atoms with E-state index < -0.39 is 0 Å². The minimum atomic E-state index is -0.382. The summed E-state index contributed by atoms with van der Waals surface area (Å²) < 4.78 is 10.2. The molecule has 1 amide bonds. The second kappa shape index (κ2) is 10.0. The highest BCUT2D eigenvalue weighted by atomic mass is 32.1. The summed E-state index contributed by atoms with van der Waals surface area (Å²) in [7, 11) is 1.37. The number of thiophene rings is 1. The predicted octanol–water partition coefficient (Wildman–Crippen LogP) is 3.69. The highest BCUT2D eigenvalue weighted by molar-refractivity contribution is 7.80. The number of morpholine rings is 1. The van der Waals surface area contributed by atoms with Crippen molar-refractivity contribution in [3.05, 3.63) is 45.8 Å². The van der Waals surface area contributed by atoms with Gasteiger partial charge in [-0.05, 0) is 55.4 Å². The van der Waals surface area contributed by atoms with Crippen LogP contribution >= 0.6 is 23.6 Å². The van der Waals surface area contributed by atoms with E-state index in [-0.39, 0.29) is 11.9 Å². The first kappa shape index (κ1) is 22.2. The third-order valence-electron chi connectivity index (χ3n) is 4.87. The van der Waals surface area contributed by atoms with Crippen molar-refractivity contribution in [1.29, 1.82) is 0 Å². The van der Waals surface area contributed by atoms with Crippen LogP contribution in [0.3, 0.4) is 0 Å². The second-order valence-electron chi connectivity index (χ2n) is 6.75. The Morgan fingerprint density at radius 3 is 2.47 bits per heavy atom. The monoisotopic (exact) mass is 447 g/mol. The summed E-state index contributed by atoms with van der Waals surface area (Å²) >= 11 is 6.89. The SMILES string of the molecule is CCc1c(C)sc(NC(=S)Nc2ccc(C(=O)N3CCOCC3)cc2)c1C(=O)OC. The quantitative estimate of drug-likeness (QED) is 0.535. The highest BCUT2D eigenvalue weighted by Crippen LogP contribution is 2.34. The number of benzene rings is 1. The number of nitrogens with one attached hydrogen (secondary N) is 2. The Morgan fingerprint density at radius 2 is 1.87 bits per heavy atom. The van der Waals surface area contributed by atoms with Crippen LogP contribution in [0.25, 0.3) is 0 Å². The van der Waals surface area contributed by atoms with E-state index in [1.165, 1.54) is 18.4 Å². The van der Waals surface area contributed by atoms with Crippen LogP contribution in [0.5, 0.6) is 0 Å². The van der Waals surface area contributed by atoms with E-state index in [0.29, 0.717) is 47.5 Å². The fourth-order valence-corrected chi connectivity index (χ4v) is 4.74. The maximum Gasteiger partial charge on any atom is 0.341 e. The molecule has 1 aliphatic heterocycles. The number of hydrogen-bond acceptors (Lipinski definition) is 6. The molecule has 0 saturated carbocycles. The van der Waals surface area contributed by atoms with Crippen molar-refractivity contribution in [1.82, 2.24) is 4.90 Å². The molecule has 160 valence electrons. The average molecular weight is 448 g/mol. The molecule has 0 bridgehead atoms.